The highest BCUT2D eigenvalue weighted by atomic mass is 32.2. The standard InChI is InChI=1S/C36H25N7O10S3/c37-20-5-7-21(8-6-20)38-39-32-15-13-30(24-11-9-22(17-28(24)32)54(45,46)47)40-42-33-16-14-31(25-12-10-23(18-29(25)33)55(48,49)50)41-43-34-19-35(56(51,52)53)26-3-1-2-4-27(26)36(34)44/h1-19,41H,37H2,(H,45,46,47)(H,48,49,50)(H,51,52,53)/b39-38?,42-40?,43-34+. The van der Waals surface area contributed by atoms with Gasteiger partial charge >= 0.3 is 0 Å². The van der Waals surface area contributed by atoms with Gasteiger partial charge < -0.3 is 5.73 Å². The van der Waals surface area contributed by atoms with Gasteiger partial charge in [-0.05, 0) is 78.9 Å². The molecule has 0 radical (unpaired) electrons. The lowest BCUT2D eigenvalue weighted by Gasteiger charge is -2.16. The SMILES string of the molecule is Nc1ccc(N=Nc2ccc(N=Nc3ccc(N/N=C4\C=C(S(=O)(=O)O)c5ccccc5C4=O)c4ccc(S(=O)(=O)O)cc34)c3ccc(S(=O)(=O)O)cc23)cc1. The molecule has 1 aliphatic rings. The predicted octanol–water partition coefficient (Wildman–Crippen LogP) is 7.79. The normalized spacial score (nSPS) is 14.5. The summed E-state index contributed by atoms with van der Waals surface area (Å²) in [7, 11) is -14.1. The Morgan fingerprint density at radius 1 is 0.536 bits per heavy atom. The Bertz CT molecular complexity index is 3110. The number of nitrogens with one attached hydrogen (secondary N) is 1. The molecule has 6 aromatic carbocycles. The maximum Gasteiger partial charge on any atom is 0.295 e. The molecule has 20 heteroatoms. The molecular weight excluding hydrogens is 787 g/mol. The molecule has 6 aromatic rings. The van der Waals surface area contributed by atoms with Gasteiger partial charge in [-0.25, -0.2) is 0 Å². The number of ketones is 1. The molecule has 7 rings (SSSR count). The van der Waals surface area contributed by atoms with E-state index in [2.05, 4.69) is 31.0 Å². The largest absolute Gasteiger partial charge is 0.399 e. The molecule has 0 saturated carbocycles. The van der Waals surface area contributed by atoms with Crippen LogP contribution in [0.2, 0.25) is 0 Å². The van der Waals surface area contributed by atoms with Gasteiger partial charge in [0.15, 0.2) is 0 Å². The van der Waals surface area contributed by atoms with Crippen LogP contribution in [0.3, 0.4) is 0 Å². The van der Waals surface area contributed by atoms with Crippen LogP contribution in [0.4, 0.5) is 34.1 Å². The number of azo groups is 2. The summed E-state index contributed by atoms with van der Waals surface area (Å²) in [5.41, 5.74) is 9.75. The zero-order valence-corrected chi connectivity index (χ0v) is 30.7. The summed E-state index contributed by atoms with van der Waals surface area (Å²) in [4.78, 5) is 11.8. The Kier molecular flexibility index (Phi) is 9.62. The first kappa shape index (κ1) is 37.8. The van der Waals surface area contributed by atoms with Gasteiger partial charge in [0.05, 0.1) is 38.2 Å². The van der Waals surface area contributed by atoms with Crippen LogP contribution in [-0.2, 0) is 30.4 Å². The van der Waals surface area contributed by atoms with Crippen molar-refractivity contribution in [2.45, 2.75) is 9.79 Å². The highest BCUT2D eigenvalue weighted by Gasteiger charge is 2.30. The third kappa shape index (κ3) is 7.68. The number of nitrogens with two attached hydrogens (primary N) is 1. The molecule has 17 nitrogen and oxygen atoms in total. The van der Waals surface area contributed by atoms with Crippen molar-refractivity contribution in [2.24, 2.45) is 25.6 Å². The van der Waals surface area contributed by atoms with Gasteiger partial charge in [-0.2, -0.15) is 35.5 Å². The fourth-order valence-electron chi connectivity index (χ4n) is 5.77. The molecule has 0 atom stereocenters. The van der Waals surface area contributed by atoms with E-state index in [1.54, 1.807) is 24.3 Å². The van der Waals surface area contributed by atoms with Crippen LogP contribution >= 0.6 is 0 Å². The maximum absolute atomic E-state index is 13.2. The quantitative estimate of drug-likeness (QED) is 0.0405. The lowest BCUT2D eigenvalue weighted by molar-refractivity contribution is 0.106. The number of nitrogens with zero attached hydrogens (tertiary/aromatic N) is 5. The second kappa shape index (κ2) is 14.3. The molecule has 0 amide bonds. The Labute approximate surface area is 317 Å². The highest BCUT2D eigenvalue weighted by molar-refractivity contribution is 7.95. The van der Waals surface area contributed by atoms with Crippen molar-refractivity contribution in [2.75, 3.05) is 11.2 Å². The van der Waals surface area contributed by atoms with E-state index in [0.717, 1.165) is 24.3 Å². The number of fused-ring (bicyclic) bond motifs is 3. The number of allylic oxidation sites excluding steroid dienone is 1. The van der Waals surface area contributed by atoms with Crippen LogP contribution in [0.5, 0.6) is 0 Å². The minimum atomic E-state index is -4.76. The Morgan fingerprint density at radius 2 is 1.05 bits per heavy atom. The van der Waals surface area contributed by atoms with Gasteiger partial charge in [0, 0.05) is 38.4 Å². The minimum Gasteiger partial charge on any atom is -0.399 e. The van der Waals surface area contributed by atoms with E-state index in [1.807, 2.05) is 0 Å². The van der Waals surface area contributed by atoms with E-state index in [9.17, 15) is 43.7 Å². The van der Waals surface area contributed by atoms with E-state index in [4.69, 9.17) is 5.73 Å². The Balaban J connectivity index is 1.31. The first-order valence-corrected chi connectivity index (χ1v) is 20.2. The van der Waals surface area contributed by atoms with Crippen molar-refractivity contribution < 1.29 is 43.7 Å². The van der Waals surface area contributed by atoms with Crippen molar-refractivity contribution in [3.63, 3.8) is 0 Å². The monoisotopic (exact) mass is 811 g/mol. The predicted molar refractivity (Wildman–Crippen MR) is 208 cm³/mol. The summed E-state index contributed by atoms with van der Waals surface area (Å²) in [6.07, 6.45) is 0.919. The lowest BCUT2D eigenvalue weighted by atomic mass is 9.95. The second-order valence-corrected chi connectivity index (χ2v) is 16.3. The Morgan fingerprint density at radius 3 is 1.64 bits per heavy atom. The number of carbonyl (C=O) groups is 1. The molecule has 56 heavy (non-hydrogen) atoms. The van der Waals surface area contributed by atoms with Crippen molar-refractivity contribution in [1.29, 1.82) is 0 Å². The van der Waals surface area contributed by atoms with Gasteiger partial charge in [0.1, 0.15) is 10.6 Å². The molecule has 0 unspecified atom stereocenters. The number of anilines is 2. The first-order valence-electron chi connectivity index (χ1n) is 15.9. The molecule has 0 heterocycles. The molecule has 0 fully saturated rings. The average molecular weight is 812 g/mol. The zero-order chi connectivity index (χ0) is 40.0. The summed E-state index contributed by atoms with van der Waals surface area (Å²) in [6, 6.07) is 25.5. The van der Waals surface area contributed by atoms with Crippen LogP contribution in [0.25, 0.3) is 26.5 Å². The van der Waals surface area contributed by atoms with Gasteiger partial charge in [-0.1, -0.05) is 36.4 Å². The summed E-state index contributed by atoms with van der Waals surface area (Å²) in [6.45, 7) is 0. The molecule has 282 valence electrons. The van der Waals surface area contributed by atoms with Crippen LogP contribution in [0.1, 0.15) is 15.9 Å². The number of benzene rings is 6. The van der Waals surface area contributed by atoms with Crippen molar-refractivity contribution >= 4 is 102 Å². The fourth-order valence-corrected chi connectivity index (χ4v) is 7.50. The van der Waals surface area contributed by atoms with Crippen LogP contribution in [0, 0.1) is 0 Å². The van der Waals surface area contributed by atoms with E-state index >= 15 is 0 Å². The molecule has 0 bridgehead atoms. The number of rotatable bonds is 9. The summed E-state index contributed by atoms with van der Waals surface area (Å²) < 4.78 is 102. The van der Waals surface area contributed by atoms with Gasteiger partial charge in [-0.15, -0.1) is 15.3 Å². The zero-order valence-electron chi connectivity index (χ0n) is 28.2. The smallest absolute Gasteiger partial charge is 0.295 e. The molecule has 1 aliphatic carbocycles. The third-order valence-electron chi connectivity index (χ3n) is 8.45. The molecule has 0 saturated heterocycles. The third-order valence-corrected chi connectivity index (χ3v) is 11.0. The second-order valence-electron chi connectivity index (χ2n) is 12.1. The molecule has 0 aliphatic heterocycles. The van der Waals surface area contributed by atoms with Crippen molar-refractivity contribution in [3.8, 4) is 0 Å². The van der Waals surface area contributed by atoms with Crippen LogP contribution in [0.15, 0.2) is 151 Å². The van der Waals surface area contributed by atoms with Gasteiger partial charge in [-0.3, -0.25) is 23.9 Å². The van der Waals surface area contributed by atoms with E-state index in [0.29, 0.717) is 16.8 Å². The molecule has 0 spiro atoms. The lowest BCUT2D eigenvalue weighted by Crippen LogP contribution is -2.22. The maximum atomic E-state index is 13.2. The number of carbonyl (C=O) groups excluding carboxylic acids is 1. The number of hydrogen-bond donors (Lipinski definition) is 5. The highest BCUT2D eigenvalue weighted by Crippen LogP contribution is 2.39. The summed E-state index contributed by atoms with van der Waals surface area (Å²) in [5, 5.41) is 22.2. The van der Waals surface area contributed by atoms with Crippen molar-refractivity contribution in [1.82, 2.24) is 0 Å². The fraction of sp³-hybridized carbons (Fsp3) is 0. The van der Waals surface area contributed by atoms with E-state index in [-0.39, 0.29) is 55.7 Å². The Hall–Kier alpha value is -6.55. The minimum absolute atomic E-state index is 0.000652. The number of hydrazone groups is 1. The first-order chi connectivity index (χ1) is 26.5. The summed E-state index contributed by atoms with van der Waals surface area (Å²) >= 11 is 0. The number of nitrogen functional groups attached to an aromatic ring is 1. The molecule has 6 N–H and O–H groups in total. The van der Waals surface area contributed by atoms with Crippen LogP contribution in [-0.4, -0.2) is 50.4 Å². The van der Waals surface area contributed by atoms with Crippen molar-refractivity contribution in [3.05, 3.63) is 126 Å². The average Bonchev–Trinajstić information content (AvgIpc) is 3.15. The van der Waals surface area contributed by atoms with Gasteiger partial charge in [0.2, 0.25) is 5.78 Å². The van der Waals surface area contributed by atoms with E-state index < -0.39 is 50.8 Å². The molecule has 0 aromatic heterocycles. The van der Waals surface area contributed by atoms with E-state index in [1.165, 1.54) is 66.7 Å². The number of hydrogen-bond acceptors (Lipinski definition) is 14. The number of Topliss-reactive ketones (excluding diaryl/α,β-unsaturated/α-hetero) is 1. The van der Waals surface area contributed by atoms with Crippen LogP contribution < -0.4 is 11.2 Å². The summed E-state index contributed by atoms with van der Waals surface area (Å²) in [5.74, 6) is -0.641. The van der Waals surface area contributed by atoms with Gasteiger partial charge in [0.25, 0.3) is 30.4 Å². The molecular formula is C36H25N7O10S3. The topological polar surface area (TPSA) is 280 Å².